The molecule has 3 N–H and O–H groups in total. The van der Waals surface area contributed by atoms with Gasteiger partial charge < -0.3 is 20.1 Å². The van der Waals surface area contributed by atoms with Crippen LogP contribution in [0.25, 0.3) is 10.6 Å². The average Bonchev–Trinajstić information content (AvgIpc) is 3.43. The van der Waals surface area contributed by atoms with Gasteiger partial charge in [0.1, 0.15) is 21.6 Å². The first-order valence-electron chi connectivity index (χ1n) is 9.43. The Labute approximate surface area is 182 Å². The number of hydrogen-bond donors (Lipinski definition) is 2. The van der Waals surface area contributed by atoms with E-state index in [1.807, 2.05) is 35.0 Å². The van der Waals surface area contributed by atoms with Gasteiger partial charge in [-0.25, -0.2) is 9.97 Å². The minimum Gasteiger partial charge on any atom is -0.497 e. The Morgan fingerprint density at radius 2 is 2.00 bits per heavy atom. The van der Waals surface area contributed by atoms with Crippen LogP contribution in [0.15, 0.2) is 55.1 Å². The van der Waals surface area contributed by atoms with Gasteiger partial charge in [0.15, 0.2) is 0 Å². The molecule has 0 aliphatic rings. The molecule has 0 spiro atoms. The lowest BCUT2D eigenvalue weighted by Crippen LogP contribution is -2.09. The lowest BCUT2D eigenvalue weighted by atomic mass is 9.94. The number of anilines is 1. The highest BCUT2D eigenvalue weighted by atomic mass is 32.1. The number of methoxy groups -OCH3 is 1. The molecule has 1 atom stereocenters. The SMILES string of the molecule is COc1ccc(-c2nnc(Cn3cnc(C(CC(=O)O)c4ccc(N)nc4)c3)s2)cc1. The highest BCUT2D eigenvalue weighted by Crippen LogP contribution is 2.28. The van der Waals surface area contributed by atoms with Crippen LogP contribution in [0.2, 0.25) is 0 Å². The lowest BCUT2D eigenvalue weighted by molar-refractivity contribution is -0.137. The van der Waals surface area contributed by atoms with Gasteiger partial charge in [0.2, 0.25) is 0 Å². The zero-order chi connectivity index (χ0) is 21.8. The standard InChI is InChI=1S/C21H20N6O3S/c1-30-15-5-2-13(3-6-15)21-26-25-19(31-21)11-27-10-17(24-12-27)16(8-20(28)29)14-4-7-18(22)23-9-14/h2-7,9-10,12,16H,8,11H2,1H3,(H2,22,23)(H,28,29). The van der Waals surface area contributed by atoms with Gasteiger partial charge in [-0.15, -0.1) is 10.2 Å². The Morgan fingerprint density at radius 1 is 1.19 bits per heavy atom. The Hall–Kier alpha value is -3.79. The van der Waals surface area contributed by atoms with Gasteiger partial charge in [0.25, 0.3) is 0 Å². The van der Waals surface area contributed by atoms with Crippen LogP contribution in [0.4, 0.5) is 5.82 Å². The first-order chi connectivity index (χ1) is 15.0. The number of benzene rings is 1. The molecule has 158 valence electrons. The molecule has 0 fully saturated rings. The largest absolute Gasteiger partial charge is 0.497 e. The summed E-state index contributed by atoms with van der Waals surface area (Å²) in [5.41, 5.74) is 8.01. The average molecular weight is 436 g/mol. The number of nitrogens with two attached hydrogens (primary N) is 1. The number of aliphatic carboxylic acids is 1. The molecule has 4 aromatic rings. The van der Waals surface area contributed by atoms with Crippen LogP contribution in [-0.2, 0) is 11.3 Å². The number of carbonyl (C=O) groups is 1. The molecule has 1 unspecified atom stereocenters. The van der Waals surface area contributed by atoms with E-state index in [2.05, 4.69) is 20.2 Å². The summed E-state index contributed by atoms with van der Waals surface area (Å²) in [7, 11) is 1.63. The molecule has 0 aliphatic carbocycles. The summed E-state index contributed by atoms with van der Waals surface area (Å²) < 4.78 is 7.05. The fourth-order valence-electron chi connectivity index (χ4n) is 3.16. The second-order valence-corrected chi connectivity index (χ2v) is 7.93. The molecule has 0 bridgehead atoms. The van der Waals surface area contributed by atoms with Gasteiger partial charge in [0, 0.05) is 23.9 Å². The minimum atomic E-state index is -0.912. The highest BCUT2D eigenvalue weighted by Gasteiger charge is 2.21. The van der Waals surface area contributed by atoms with Crippen LogP contribution in [0, 0.1) is 0 Å². The summed E-state index contributed by atoms with van der Waals surface area (Å²) in [4.78, 5) is 19.9. The normalized spacial score (nSPS) is 11.9. The number of hydrogen-bond acceptors (Lipinski definition) is 8. The highest BCUT2D eigenvalue weighted by molar-refractivity contribution is 7.14. The van der Waals surface area contributed by atoms with Gasteiger partial charge in [0.05, 0.1) is 32.1 Å². The smallest absolute Gasteiger partial charge is 0.304 e. The van der Waals surface area contributed by atoms with E-state index in [0.717, 1.165) is 26.9 Å². The Morgan fingerprint density at radius 3 is 2.68 bits per heavy atom. The molecule has 31 heavy (non-hydrogen) atoms. The number of nitrogen functional groups attached to an aromatic ring is 1. The fourth-order valence-corrected chi connectivity index (χ4v) is 4.01. The molecule has 3 aromatic heterocycles. The second-order valence-electron chi connectivity index (χ2n) is 6.87. The van der Waals surface area contributed by atoms with E-state index in [-0.39, 0.29) is 6.42 Å². The lowest BCUT2D eigenvalue weighted by Gasteiger charge is -2.12. The van der Waals surface area contributed by atoms with Gasteiger partial charge in [-0.3, -0.25) is 4.79 Å². The molecule has 0 saturated heterocycles. The van der Waals surface area contributed by atoms with E-state index >= 15 is 0 Å². The molecule has 0 aliphatic heterocycles. The van der Waals surface area contributed by atoms with Crippen molar-refractivity contribution < 1.29 is 14.6 Å². The van der Waals surface area contributed by atoms with Crippen molar-refractivity contribution in [1.82, 2.24) is 24.7 Å². The van der Waals surface area contributed by atoms with E-state index in [9.17, 15) is 9.90 Å². The first-order valence-corrected chi connectivity index (χ1v) is 10.2. The van der Waals surface area contributed by atoms with Gasteiger partial charge in [-0.1, -0.05) is 17.4 Å². The molecule has 1 aromatic carbocycles. The first kappa shape index (κ1) is 20.5. The summed E-state index contributed by atoms with van der Waals surface area (Å²) >= 11 is 1.49. The summed E-state index contributed by atoms with van der Waals surface area (Å²) in [5.74, 6) is -0.167. The monoisotopic (exact) mass is 436 g/mol. The van der Waals surface area contributed by atoms with E-state index < -0.39 is 11.9 Å². The van der Waals surface area contributed by atoms with Gasteiger partial charge in [-0.05, 0) is 35.9 Å². The molecular formula is C21H20N6O3S. The number of nitrogens with zero attached hydrogens (tertiary/aromatic N) is 5. The van der Waals surface area contributed by atoms with Crippen molar-refractivity contribution in [3.05, 3.63) is 71.4 Å². The number of imidazole rings is 1. The quantitative estimate of drug-likeness (QED) is 0.431. The molecule has 0 radical (unpaired) electrons. The molecule has 0 amide bonds. The number of aromatic nitrogens is 5. The number of pyridine rings is 1. The van der Waals surface area contributed by atoms with Crippen molar-refractivity contribution in [2.75, 3.05) is 12.8 Å². The van der Waals surface area contributed by atoms with Crippen LogP contribution in [0.1, 0.15) is 28.6 Å². The van der Waals surface area contributed by atoms with E-state index in [1.54, 1.807) is 31.8 Å². The number of ether oxygens (including phenoxy) is 1. The number of carboxylic acid groups (broad SMARTS) is 1. The van der Waals surface area contributed by atoms with E-state index in [1.165, 1.54) is 11.3 Å². The Bertz CT molecular complexity index is 1170. The molecule has 10 heteroatoms. The molecule has 0 saturated carbocycles. The van der Waals surface area contributed by atoms with Crippen molar-refractivity contribution in [3.63, 3.8) is 0 Å². The maximum atomic E-state index is 11.4. The number of carboxylic acids is 1. The summed E-state index contributed by atoms with van der Waals surface area (Å²) in [6.07, 6.45) is 5.00. The Kier molecular flexibility index (Phi) is 5.89. The summed E-state index contributed by atoms with van der Waals surface area (Å²) in [6, 6.07) is 11.1. The van der Waals surface area contributed by atoms with E-state index in [4.69, 9.17) is 10.5 Å². The third-order valence-corrected chi connectivity index (χ3v) is 5.68. The van der Waals surface area contributed by atoms with Crippen molar-refractivity contribution >= 4 is 23.1 Å². The van der Waals surface area contributed by atoms with Crippen LogP contribution < -0.4 is 10.5 Å². The molecular weight excluding hydrogens is 416 g/mol. The van der Waals surface area contributed by atoms with Gasteiger partial charge in [-0.2, -0.15) is 0 Å². The second kappa shape index (κ2) is 8.92. The van der Waals surface area contributed by atoms with Crippen LogP contribution in [0.3, 0.4) is 0 Å². The molecule has 9 nitrogen and oxygen atoms in total. The molecule has 4 rings (SSSR count). The third-order valence-electron chi connectivity index (χ3n) is 4.72. The summed E-state index contributed by atoms with van der Waals surface area (Å²) in [5, 5.41) is 19.5. The van der Waals surface area contributed by atoms with Gasteiger partial charge >= 0.3 is 5.97 Å². The zero-order valence-corrected chi connectivity index (χ0v) is 17.5. The maximum Gasteiger partial charge on any atom is 0.304 e. The van der Waals surface area contributed by atoms with Crippen LogP contribution in [-0.4, -0.2) is 42.9 Å². The van der Waals surface area contributed by atoms with Crippen molar-refractivity contribution in [1.29, 1.82) is 0 Å². The predicted octanol–water partition coefficient (Wildman–Crippen LogP) is 3.04. The zero-order valence-electron chi connectivity index (χ0n) is 16.7. The molecule has 3 heterocycles. The predicted molar refractivity (Wildman–Crippen MR) is 116 cm³/mol. The topological polar surface area (TPSA) is 129 Å². The van der Waals surface area contributed by atoms with Crippen molar-refractivity contribution in [2.45, 2.75) is 18.9 Å². The fraction of sp³-hybridized carbons (Fsp3) is 0.190. The third kappa shape index (κ3) is 4.86. The van der Waals surface area contributed by atoms with Crippen molar-refractivity contribution in [2.24, 2.45) is 0 Å². The maximum absolute atomic E-state index is 11.4. The summed E-state index contributed by atoms with van der Waals surface area (Å²) in [6.45, 7) is 0.487. The van der Waals surface area contributed by atoms with Crippen LogP contribution in [0.5, 0.6) is 5.75 Å². The van der Waals surface area contributed by atoms with Crippen LogP contribution >= 0.6 is 11.3 Å². The van der Waals surface area contributed by atoms with Crippen molar-refractivity contribution in [3.8, 4) is 16.3 Å². The Balaban J connectivity index is 1.52. The van der Waals surface area contributed by atoms with E-state index in [0.29, 0.717) is 18.1 Å². The number of rotatable bonds is 8. The minimum absolute atomic E-state index is 0.0942.